The first-order valence-corrected chi connectivity index (χ1v) is 10.4. The Kier molecular flexibility index (Phi) is 5.44. The van der Waals surface area contributed by atoms with Gasteiger partial charge < -0.3 is 9.47 Å². The lowest BCUT2D eigenvalue weighted by Crippen LogP contribution is -2.36. The Bertz CT molecular complexity index is 828. The van der Waals surface area contributed by atoms with E-state index in [1.165, 1.54) is 5.56 Å². The van der Waals surface area contributed by atoms with Crippen LogP contribution in [0.5, 0.6) is 0 Å². The highest BCUT2D eigenvalue weighted by Gasteiger charge is 2.32. The van der Waals surface area contributed by atoms with Gasteiger partial charge in [-0.2, -0.15) is 0 Å². The summed E-state index contributed by atoms with van der Waals surface area (Å²) in [5, 5.41) is 9.07. The predicted octanol–water partition coefficient (Wildman–Crippen LogP) is 2.36. The van der Waals surface area contributed by atoms with Crippen LogP contribution in [0.2, 0.25) is 0 Å². The maximum Gasteiger partial charge on any atom is 0.225 e. The highest BCUT2D eigenvalue weighted by atomic mass is 16.2. The normalized spacial score (nSPS) is 20.4. The summed E-state index contributed by atoms with van der Waals surface area (Å²) in [5.74, 6) is 2.33. The van der Waals surface area contributed by atoms with Crippen LogP contribution in [0.25, 0.3) is 0 Å². The number of likely N-dealkylation sites (tertiary alicyclic amines) is 1. The van der Waals surface area contributed by atoms with Gasteiger partial charge in [-0.15, -0.1) is 10.2 Å². The van der Waals surface area contributed by atoms with Crippen molar-refractivity contribution in [3.05, 3.63) is 41.2 Å². The number of hydrogen-bond acceptors (Lipinski definition) is 5. The van der Waals surface area contributed by atoms with E-state index in [2.05, 4.69) is 43.7 Å². The fraction of sp³-hybridized carbons (Fsp3) is 0.619. The van der Waals surface area contributed by atoms with Crippen molar-refractivity contribution in [2.45, 2.75) is 59.2 Å². The molecular formula is C21H30N6O. The van der Waals surface area contributed by atoms with Gasteiger partial charge in [-0.1, -0.05) is 19.9 Å². The minimum Gasteiger partial charge on any atom is -0.340 e. The first-order valence-electron chi connectivity index (χ1n) is 10.4. The zero-order valence-electron chi connectivity index (χ0n) is 17.1. The molecule has 7 nitrogen and oxygen atoms in total. The van der Waals surface area contributed by atoms with Gasteiger partial charge in [0.1, 0.15) is 11.6 Å². The number of pyridine rings is 1. The smallest absolute Gasteiger partial charge is 0.225 e. The highest BCUT2D eigenvalue weighted by Crippen LogP contribution is 2.32. The fourth-order valence-electron chi connectivity index (χ4n) is 4.29. The molecule has 7 heteroatoms. The molecule has 1 unspecified atom stereocenters. The van der Waals surface area contributed by atoms with Crippen LogP contribution in [0.4, 0.5) is 0 Å². The Labute approximate surface area is 166 Å². The summed E-state index contributed by atoms with van der Waals surface area (Å²) >= 11 is 0. The van der Waals surface area contributed by atoms with E-state index in [-0.39, 0.29) is 17.9 Å². The molecule has 0 N–H and O–H groups in total. The zero-order chi connectivity index (χ0) is 19.7. The summed E-state index contributed by atoms with van der Waals surface area (Å²) in [6.07, 6.45) is 4.97. The van der Waals surface area contributed by atoms with Crippen molar-refractivity contribution in [1.29, 1.82) is 0 Å². The molecule has 2 aromatic rings. The molecule has 1 fully saturated rings. The van der Waals surface area contributed by atoms with Crippen LogP contribution in [0.1, 0.15) is 55.6 Å². The molecule has 2 aliphatic rings. The quantitative estimate of drug-likeness (QED) is 0.812. The Morgan fingerprint density at radius 2 is 2.04 bits per heavy atom. The SMILES string of the molecule is Cc1ccc(CN2CCCC2c2nnc3n2CCN(C(=O)C(C)C)CC3)nc1. The minimum absolute atomic E-state index is 0.0374. The molecule has 28 heavy (non-hydrogen) atoms. The molecule has 0 radical (unpaired) electrons. The molecule has 0 aliphatic carbocycles. The van der Waals surface area contributed by atoms with Gasteiger partial charge in [0.25, 0.3) is 0 Å². The topological polar surface area (TPSA) is 67.2 Å². The van der Waals surface area contributed by atoms with Crippen LogP contribution in [0.3, 0.4) is 0 Å². The minimum atomic E-state index is 0.0374. The third-order valence-corrected chi connectivity index (χ3v) is 5.86. The lowest BCUT2D eigenvalue weighted by Gasteiger charge is -2.25. The summed E-state index contributed by atoms with van der Waals surface area (Å²) < 4.78 is 2.26. The van der Waals surface area contributed by atoms with Gasteiger partial charge in [-0.05, 0) is 37.9 Å². The fourth-order valence-corrected chi connectivity index (χ4v) is 4.29. The third-order valence-electron chi connectivity index (χ3n) is 5.86. The van der Waals surface area contributed by atoms with Crippen molar-refractivity contribution in [2.24, 2.45) is 5.92 Å². The number of carbonyl (C=O) groups excluding carboxylic acids is 1. The molecule has 4 rings (SSSR count). The number of aromatic nitrogens is 4. The second-order valence-electron chi connectivity index (χ2n) is 8.31. The van der Waals surface area contributed by atoms with Crippen molar-refractivity contribution in [3.63, 3.8) is 0 Å². The maximum atomic E-state index is 12.4. The molecule has 150 valence electrons. The first kappa shape index (κ1) is 19.1. The molecule has 2 aromatic heterocycles. The van der Waals surface area contributed by atoms with E-state index >= 15 is 0 Å². The molecule has 1 atom stereocenters. The monoisotopic (exact) mass is 382 g/mol. The molecule has 0 saturated carbocycles. The van der Waals surface area contributed by atoms with Crippen LogP contribution in [0, 0.1) is 12.8 Å². The Hall–Kier alpha value is -2.28. The Morgan fingerprint density at radius 1 is 1.18 bits per heavy atom. The van der Waals surface area contributed by atoms with Crippen LogP contribution >= 0.6 is 0 Å². The second kappa shape index (κ2) is 7.99. The number of hydrogen-bond donors (Lipinski definition) is 0. The zero-order valence-corrected chi connectivity index (χ0v) is 17.1. The molecule has 4 heterocycles. The predicted molar refractivity (Wildman–Crippen MR) is 107 cm³/mol. The van der Waals surface area contributed by atoms with Gasteiger partial charge in [0, 0.05) is 44.7 Å². The molecular weight excluding hydrogens is 352 g/mol. The molecule has 0 spiro atoms. The summed E-state index contributed by atoms with van der Waals surface area (Å²) in [5.41, 5.74) is 2.28. The van der Waals surface area contributed by atoms with Crippen molar-refractivity contribution < 1.29 is 4.79 Å². The molecule has 2 aliphatic heterocycles. The molecule has 0 bridgehead atoms. The number of nitrogens with zero attached hydrogens (tertiary/aromatic N) is 6. The lowest BCUT2D eigenvalue weighted by molar-refractivity contribution is -0.134. The van der Waals surface area contributed by atoms with Crippen molar-refractivity contribution in [1.82, 2.24) is 29.5 Å². The average molecular weight is 383 g/mol. The van der Waals surface area contributed by atoms with Gasteiger partial charge in [0.05, 0.1) is 11.7 Å². The number of fused-ring (bicyclic) bond motifs is 1. The summed E-state index contributed by atoms with van der Waals surface area (Å²) in [6.45, 7) is 10.1. The number of rotatable bonds is 4. The largest absolute Gasteiger partial charge is 0.340 e. The Morgan fingerprint density at radius 3 is 2.79 bits per heavy atom. The van der Waals surface area contributed by atoms with Crippen LogP contribution in [-0.4, -0.2) is 55.1 Å². The number of amides is 1. The third kappa shape index (κ3) is 3.81. The van der Waals surface area contributed by atoms with E-state index in [1.54, 1.807) is 0 Å². The van der Waals surface area contributed by atoms with Crippen LogP contribution < -0.4 is 0 Å². The number of carbonyl (C=O) groups is 1. The average Bonchev–Trinajstić information content (AvgIpc) is 3.24. The van der Waals surface area contributed by atoms with E-state index in [0.717, 1.165) is 69.3 Å². The molecule has 1 saturated heterocycles. The van der Waals surface area contributed by atoms with Gasteiger partial charge in [0.15, 0.2) is 0 Å². The number of aryl methyl sites for hydroxylation is 1. The first-order chi connectivity index (χ1) is 13.5. The van der Waals surface area contributed by atoms with Gasteiger partial charge in [0.2, 0.25) is 5.91 Å². The lowest BCUT2D eigenvalue weighted by atomic mass is 10.2. The van der Waals surface area contributed by atoms with Crippen molar-refractivity contribution >= 4 is 5.91 Å². The van der Waals surface area contributed by atoms with Crippen molar-refractivity contribution in [2.75, 3.05) is 19.6 Å². The van der Waals surface area contributed by atoms with Crippen molar-refractivity contribution in [3.8, 4) is 0 Å². The van der Waals surface area contributed by atoms with Gasteiger partial charge in [-0.25, -0.2) is 0 Å². The standard InChI is InChI=1S/C21H30N6O/c1-15(2)21(28)25-10-8-19-23-24-20(27(19)12-11-25)18-5-4-9-26(18)14-17-7-6-16(3)13-22-17/h6-7,13,15,18H,4-5,8-12,14H2,1-3H3. The summed E-state index contributed by atoms with van der Waals surface area (Å²) in [4.78, 5) is 21.4. The highest BCUT2D eigenvalue weighted by molar-refractivity contribution is 5.78. The Balaban J connectivity index is 1.50. The molecule has 0 aromatic carbocycles. The van der Waals surface area contributed by atoms with E-state index in [9.17, 15) is 4.79 Å². The van der Waals surface area contributed by atoms with Crippen LogP contribution in [-0.2, 0) is 24.3 Å². The van der Waals surface area contributed by atoms with E-state index in [0.29, 0.717) is 0 Å². The molecule has 1 amide bonds. The second-order valence-corrected chi connectivity index (χ2v) is 8.31. The van der Waals surface area contributed by atoms with Gasteiger partial charge >= 0.3 is 0 Å². The maximum absolute atomic E-state index is 12.4. The van der Waals surface area contributed by atoms with E-state index < -0.39 is 0 Å². The summed E-state index contributed by atoms with van der Waals surface area (Å²) in [6, 6.07) is 4.51. The summed E-state index contributed by atoms with van der Waals surface area (Å²) in [7, 11) is 0. The van der Waals surface area contributed by atoms with E-state index in [1.807, 2.05) is 24.9 Å². The van der Waals surface area contributed by atoms with Crippen LogP contribution in [0.15, 0.2) is 18.3 Å². The van der Waals surface area contributed by atoms with Gasteiger partial charge in [-0.3, -0.25) is 14.7 Å². The van der Waals surface area contributed by atoms with E-state index in [4.69, 9.17) is 0 Å².